The molecule has 1 atom stereocenters. The van der Waals surface area contributed by atoms with Crippen LogP contribution in [0, 0.1) is 0 Å². The van der Waals surface area contributed by atoms with E-state index in [-0.39, 0.29) is 11.6 Å². The summed E-state index contributed by atoms with van der Waals surface area (Å²) in [4.78, 5) is 23.6. The Hall–Kier alpha value is -2.41. The highest BCUT2D eigenvalue weighted by Crippen LogP contribution is 2.41. The first-order chi connectivity index (χ1) is 13.0. The molecule has 0 spiro atoms. The molecule has 7 heteroatoms. The van der Waals surface area contributed by atoms with Crippen LogP contribution in [0.3, 0.4) is 0 Å². The Morgan fingerprint density at radius 1 is 1.33 bits per heavy atom. The van der Waals surface area contributed by atoms with Gasteiger partial charge >= 0.3 is 5.97 Å². The SMILES string of the molecule is CCC1Cc2cc(OCCSC)c(OC)cc2-c2cc(=O)c(C(=O)O)cn21. The zero-order valence-electron chi connectivity index (χ0n) is 15.7. The monoisotopic (exact) mass is 389 g/mol. The van der Waals surface area contributed by atoms with Crippen LogP contribution in [0.5, 0.6) is 11.5 Å². The lowest BCUT2D eigenvalue weighted by Gasteiger charge is -2.31. The third-order valence-corrected chi connectivity index (χ3v) is 5.42. The van der Waals surface area contributed by atoms with Gasteiger partial charge in [0.2, 0.25) is 0 Å². The van der Waals surface area contributed by atoms with Crippen LogP contribution in [0.1, 0.15) is 35.3 Å². The van der Waals surface area contributed by atoms with Crippen LogP contribution < -0.4 is 14.9 Å². The Labute approximate surface area is 162 Å². The van der Waals surface area contributed by atoms with Crippen LogP contribution in [0.25, 0.3) is 11.3 Å². The van der Waals surface area contributed by atoms with Crippen LogP contribution in [-0.2, 0) is 6.42 Å². The van der Waals surface area contributed by atoms with Crippen LogP contribution in [-0.4, -0.2) is 41.4 Å². The van der Waals surface area contributed by atoms with Gasteiger partial charge in [0.25, 0.3) is 0 Å². The minimum Gasteiger partial charge on any atom is -0.493 e. The van der Waals surface area contributed by atoms with E-state index >= 15 is 0 Å². The molecule has 2 aromatic rings. The number of hydrogen-bond acceptors (Lipinski definition) is 5. The van der Waals surface area contributed by atoms with Crippen molar-refractivity contribution in [3.05, 3.63) is 45.7 Å². The van der Waals surface area contributed by atoms with Crippen molar-refractivity contribution in [2.24, 2.45) is 0 Å². The summed E-state index contributed by atoms with van der Waals surface area (Å²) in [5.74, 6) is 0.976. The molecular weight excluding hydrogens is 366 g/mol. The molecule has 1 aromatic carbocycles. The van der Waals surface area contributed by atoms with E-state index in [1.807, 2.05) is 23.0 Å². The van der Waals surface area contributed by atoms with E-state index in [9.17, 15) is 14.7 Å². The molecular formula is C20H23NO5S. The van der Waals surface area contributed by atoms with Gasteiger partial charge in [0, 0.05) is 29.6 Å². The molecule has 144 valence electrons. The highest BCUT2D eigenvalue weighted by Gasteiger charge is 2.26. The molecule has 1 N–H and O–H groups in total. The molecule has 2 heterocycles. The normalized spacial score (nSPS) is 15.0. The van der Waals surface area contributed by atoms with Crippen LogP contribution in [0.15, 0.2) is 29.2 Å². The summed E-state index contributed by atoms with van der Waals surface area (Å²) in [7, 11) is 1.58. The number of carbonyl (C=O) groups is 1. The van der Waals surface area contributed by atoms with Gasteiger partial charge in [0.05, 0.1) is 19.4 Å². The Kier molecular flexibility index (Phi) is 5.79. The summed E-state index contributed by atoms with van der Waals surface area (Å²) in [6.45, 7) is 2.64. The van der Waals surface area contributed by atoms with E-state index in [0.717, 1.165) is 29.7 Å². The van der Waals surface area contributed by atoms with E-state index < -0.39 is 11.4 Å². The molecule has 27 heavy (non-hydrogen) atoms. The summed E-state index contributed by atoms with van der Waals surface area (Å²) in [5, 5.41) is 9.29. The fourth-order valence-corrected chi connectivity index (χ4v) is 3.69. The number of carboxylic acids is 1. The van der Waals surface area contributed by atoms with Gasteiger partial charge in [0.15, 0.2) is 16.9 Å². The lowest BCUT2D eigenvalue weighted by atomic mass is 9.90. The molecule has 0 aliphatic carbocycles. The van der Waals surface area contributed by atoms with Gasteiger partial charge in [-0.25, -0.2) is 4.79 Å². The minimum atomic E-state index is -1.20. The minimum absolute atomic E-state index is 0.0821. The summed E-state index contributed by atoms with van der Waals surface area (Å²) in [6, 6.07) is 5.36. The van der Waals surface area contributed by atoms with E-state index in [4.69, 9.17) is 9.47 Å². The maximum absolute atomic E-state index is 12.3. The van der Waals surface area contributed by atoms with Crippen LogP contribution in [0.4, 0.5) is 0 Å². The molecule has 1 aliphatic heterocycles. The van der Waals surface area contributed by atoms with E-state index in [2.05, 4.69) is 6.92 Å². The van der Waals surface area contributed by atoms with Gasteiger partial charge in [-0.1, -0.05) is 6.92 Å². The molecule has 3 rings (SSSR count). The van der Waals surface area contributed by atoms with Gasteiger partial charge in [-0.2, -0.15) is 11.8 Å². The average molecular weight is 389 g/mol. The summed E-state index contributed by atoms with van der Waals surface area (Å²) in [5.41, 5.74) is 1.97. The number of hydrogen-bond donors (Lipinski definition) is 1. The Morgan fingerprint density at radius 3 is 2.74 bits per heavy atom. The Morgan fingerprint density at radius 2 is 2.11 bits per heavy atom. The van der Waals surface area contributed by atoms with Gasteiger partial charge in [0.1, 0.15) is 5.56 Å². The largest absolute Gasteiger partial charge is 0.493 e. The molecule has 6 nitrogen and oxygen atoms in total. The number of aromatic nitrogens is 1. The zero-order valence-corrected chi connectivity index (χ0v) is 16.5. The van der Waals surface area contributed by atoms with Gasteiger partial charge in [-0.15, -0.1) is 0 Å². The lowest BCUT2D eigenvalue weighted by Crippen LogP contribution is -2.25. The van der Waals surface area contributed by atoms with E-state index in [1.165, 1.54) is 12.3 Å². The number of aromatic carboxylic acids is 1. The smallest absolute Gasteiger partial charge is 0.341 e. The van der Waals surface area contributed by atoms with Crippen molar-refractivity contribution < 1.29 is 19.4 Å². The molecule has 0 radical (unpaired) electrons. The van der Waals surface area contributed by atoms with Crippen molar-refractivity contribution in [3.63, 3.8) is 0 Å². The average Bonchev–Trinajstić information content (AvgIpc) is 2.66. The molecule has 0 amide bonds. The van der Waals surface area contributed by atoms with Crippen LogP contribution in [0.2, 0.25) is 0 Å². The standard InChI is InChI=1S/C20H23NO5S/c1-4-13-7-12-8-19(26-5-6-27-3)18(25-2)9-14(12)16-10-17(22)15(20(23)24)11-21(13)16/h8-11,13H,4-7H2,1-3H3,(H,23,24). The third-order valence-electron chi connectivity index (χ3n) is 4.84. The summed E-state index contributed by atoms with van der Waals surface area (Å²) in [6.07, 6.45) is 5.05. The molecule has 0 bridgehead atoms. The predicted molar refractivity (Wildman–Crippen MR) is 107 cm³/mol. The number of thioether (sulfide) groups is 1. The quantitative estimate of drug-likeness (QED) is 0.731. The number of pyridine rings is 1. The summed E-state index contributed by atoms with van der Waals surface area (Å²) >= 11 is 1.71. The molecule has 1 aromatic heterocycles. The van der Waals surface area contributed by atoms with Crippen molar-refractivity contribution in [3.8, 4) is 22.8 Å². The predicted octanol–water partition coefficient (Wildman–Crippen LogP) is 3.47. The Balaban J connectivity index is 2.14. The Bertz CT molecular complexity index is 921. The molecule has 0 saturated carbocycles. The fraction of sp³-hybridized carbons (Fsp3) is 0.400. The van der Waals surface area contributed by atoms with Crippen molar-refractivity contribution in [1.82, 2.24) is 4.57 Å². The topological polar surface area (TPSA) is 77.8 Å². The van der Waals surface area contributed by atoms with Crippen LogP contribution >= 0.6 is 11.8 Å². The van der Waals surface area contributed by atoms with Crippen molar-refractivity contribution in [2.75, 3.05) is 25.7 Å². The van der Waals surface area contributed by atoms with Crippen molar-refractivity contribution >= 4 is 17.7 Å². The number of methoxy groups -OCH3 is 1. The van der Waals surface area contributed by atoms with E-state index in [0.29, 0.717) is 23.8 Å². The number of benzene rings is 1. The number of ether oxygens (including phenoxy) is 2. The molecule has 0 fully saturated rings. The molecule has 0 saturated heterocycles. The second-order valence-corrected chi connectivity index (χ2v) is 7.40. The van der Waals surface area contributed by atoms with Gasteiger partial charge < -0.3 is 19.1 Å². The van der Waals surface area contributed by atoms with Gasteiger partial charge in [-0.05, 0) is 36.8 Å². The van der Waals surface area contributed by atoms with Crippen molar-refractivity contribution in [2.45, 2.75) is 25.8 Å². The lowest BCUT2D eigenvalue weighted by molar-refractivity contribution is 0.0694. The number of nitrogens with zero attached hydrogens (tertiary/aromatic N) is 1. The number of rotatable bonds is 7. The van der Waals surface area contributed by atoms with E-state index in [1.54, 1.807) is 18.9 Å². The highest BCUT2D eigenvalue weighted by molar-refractivity contribution is 7.98. The molecule has 1 aliphatic rings. The second kappa shape index (κ2) is 8.08. The highest BCUT2D eigenvalue weighted by atomic mass is 32.2. The maximum atomic E-state index is 12.3. The molecule has 1 unspecified atom stereocenters. The third kappa shape index (κ3) is 3.69. The first-order valence-electron chi connectivity index (χ1n) is 8.82. The first-order valence-corrected chi connectivity index (χ1v) is 10.2. The maximum Gasteiger partial charge on any atom is 0.341 e. The number of fused-ring (bicyclic) bond motifs is 3. The summed E-state index contributed by atoms with van der Waals surface area (Å²) < 4.78 is 13.3. The number of carboxylic acid groups (broad SMARTS) is 1. The van der Waals surface area contributed by atoms with Crippen molar-refractivity contribution in [1.29, 1.82) is 0 Å². The fourth-order valence-electron chi connectivity index (χ4n) is 3.44. The second-order valence-electron chi connectivity index (χ2n) is 6.42. The van der Waals surface area contributed by atoms with Gasteiger partial charge in [-0.3, -0.25) is 4.79 Å². The zero-order chi connectivity index (χ0) is 19.6. The first kappa shape index (κ1) is 19.4.